The number of nitrogens with one attached hydrogen (secondary N) is 1. The molecule has 0 atom stereocenters. The fourth-order valence-corrected chi connectivity index (χ4v) is 1.64. The number of phenols is 1. The molecule has 0 unspecified atom stereocenters. The van der Waals surface area contributed by atoms with Crippen molar-refractivity contribution in [1.29, 1.82) is 0 Å². The van der Waals surface area contributed by atoms with Crippen LogP contribution in [0.3, 0.4) is 0 Å². The molecule has 0 saturated carbocycles. The third kappa shape index (κ3) is 2.70. The van der Waals surface area contributed by atoms with Crippen molar-refractivity contribution in [3.63, 3.8) is 0 Å². The van der Waals surface area contributed by atoms with E-state index in [1.165, 1.54) is 7.11 Å². The van der Waals surface area contributed by atoms with Crippen molar-refractivity contribution < 1.29 is 14.6 Å². The predicted molar refractivity (Wildman–Crippen MR) is 60.6 cm³/mol. The summed E-state index contributed by atoms with van der Waals surface area (Å²) in [4.78, 5) is 11.6. The molecular weight excluding hydrogens is 262 g/mol. The topological polar surface area (TPSA) is 58.6 Å². The summed E-state index contributed by atoms with van der Waals surface area (Å²) >= 11 is 3.24. The standard InChI is InChI=1S/C10H12BrNO3/c1-12-5-8(13)7-3-6(11)4-9(15-2)10(7)14/h3-4,12,14H,5H2,1-2H3. The largest absolute Gasteiger partial charge is 0.504 e. The zero-order valence-electron chi connectivity index (χ0n) is 8.50. The number of Topliss-reactive ketones (excluding diaryl/α,β-unsaturated/α-hetero) is 1. The average molecular weight is 274 g/mol. The van der Waals surface area contributed by atoms with E-state index in [9.17, 15) is 9.90 Å². The van der Waals surface area contributed by atoms with E-state index in [0.29, 0.717) is 4.47 Å². The first-order valence-corrected chi connectivity index (χ1v) is 5.13. The molecule has 0 amide bonds. The number of rotatable bonds is 4. The minimum absolute atomic E-state index is 0.124. The molecule has 5 heteroatoms. The van der Waals surface area contributed by atoms with Gasteiger partial charge < -0.3 is 15.2 Å². The van der Waals surface area contributed by atoms with Gasteiger partial charge in [0.15, 0.2) is 17.3 Å². The molecule has 0 spiro atoms. The van der Waals surface area contributed by atoms with Crippen LogP contribution in [0.5, 0.6) is 11.5 Å². The molecule has 4 nitrogen and oxygen atoms in total. The summed E-state index contributed by atoms with van der Waals surface area (Å²) in [5, 5.41) is 12.4. The average Bonchev–Trinajstić information content (AvgIpc) is 2.21. The van der Waals surface area contributed by atoms with E-state index in [0.717, 1.165) is 0 Å². The number of likely N-dealkylation sites (N-methyl/N-ethyl adjacent to an activating group) is 1. The molecule has 0 aliphatic carbocycles. The van der Waals surface area contributed by atoms with Crippen LogP contribution in [0.1, 0.15) is 10.4 Å². The fraction of sp³-hybridized carbons (Fsp3) is 0.300. The van der Waals surface area contributed by atoms with E-state index in [4.69, 9.17) is 4.74 Å². The van der Waals surface area contributed by atoms with Crippen LogP contribution in [0.25, 0.3) is 0 Å². The molecule has 0 bridgehead atoms. The molecule has 0 aromatic heterocycles. The quantitative estimate of drug-likeness (QED) is 0.818. The first-order chi connectivity index (χ1) is 7.10. The summed E-state index contributed by atoms with van der Waals surface area (Å²) in [7, 11) is 3.11. The molecule has 1 aromatic carbocycles. The Kier molecular flexibility index (Phi) is 4.11. The molecule has 0 saturated heterocycles. The number of ketones is 1. The highest BCUT2D eigenvalue weighted by Gasteiger charge is 2.15. The second-order valence-corrected chi connectivity index (χ2v) is 3.87. The Bertz CT molecular complexity index is 379. The highest BCUT2D eigenvalue weighted by atomic mass is 79.9. The lowest BCUT2D eigenvalue weighted by Gasteiger charge is -2.08. The Hall–Kier alpha value is -1.07. The number of methoxy groups -OCH3 is 1. The zero-order chi connectivity index (χ0) is 11.4. The molecule has 0 fully saturated rings. The fourth-order valence-electron chi connectivity index (χ4n) is 1.20. The third-order valence-corrected chi connectivity index (χ3v) is 2.36. The van der Waals surface area contributed by atoms with E-state index < -0.39 is 0 Å². The van der Waals surface area contributed by atoms with Gasteiger partial charge in [0.05, 0.1) is 19.2 Å². The highest BCUT2D eigenvalue weighted by molar-refractivity contribution is 9.10. The van der Waals surface area contributed by atoms with Gasteiger partial charge in [-0.3, -0.25) is 4.79 Å². The lowest BCUT2D eigenvalue weighted by molar-refractivity contribution is 0.0990. The lowest BCUT2D eigenvalue weighted by Crippen LogP contribution is -2.18. The first kappa shape index (κ1) is 12.0. The summed E-state index contributed by atoms with van der Waals surface area (Å²) in [6, 6.07) is 3.17. The van der Waals surface area contributed by atoms with Crippen LogP contribution in [-0.4, -0.2) is 31.6 Å². The Morgan fingerprint density at radius 2 is 2.27 bits per heavy atom. The highest BCUT2D eigenvalue weighted by Crippen LogP contribution is 2.33. The number of benzene rings is 1. The summed E-state index contributed by atoms with van der Waals surface area (Å²) in [5.41, 5.74) is 0.246. The Balaban J connectivity index is 3.17. The van der Waals surface area contributed by atoms with Gasteiger partial charge in [-0.2, -0.15) is 0 Å². The van der Waals surface area contributed by atoms with Crippen LogP contribution >= 0.6 is 15.9 Å². The van der Waals surface area contributed by atoms with Crippen molar-refractivity contribution in [2.24, 2.45) is 0 Å². The van der Waals surface area contributed by atoms with E-state index >= 15 is 0 Å². The van der Waals surface area contributed by atoms with Crippen LogP contribution in [0, 0.1) is 0 Å². The van der Waals surface area contributed by atoms with E-state index in [-0.39, 0.29) is 29.4 Å². The Labute approximate surface area is 96.4 Å². The van der Waals surface area contributed by atoms with Crippen molar-refractivity contribution in [2.75, 3.05) is 20.7 Å². The van der Waals surface area contributed by atoms with Crippen molar-refractivity contribution in [3.05, 3.63) is 22.2 Å². The molecule has 15 heavy (non-hydrogen) atoms. The molecule has 1 rings (SSSR count). The minimum atomic E-state index is -0.186. The lowest BCUT2D eigenvalue weighted by atomic mass is 10.1. The summed E-state index contributed by atoms with van der Waals surface area (Å²) in [5.74, 6) is -0.0284. The predicted octanol–water partition coefficient (Wildman–Crippen LogP) is 1.57. The first-order valence-electron chi connectivity index (χ1n) is 4.34. The molecule has 0 radical (unpaired) electrons. The minimum Gasteiger partial charge on any atom is -0.504 e. The number of carbonyl (C=O) groups is 1. The summed E-state index contributed by atoms with van der Waals surface area (Å²) in [6.07, 6.45) is 0. The SMILES string of the molecule is CNCC(=O)c1cc(Br)cc(OC)c1O. The van der Waals surface area contributed by atoms with Crippen LogP contribution in [-0.2, 0) is 0 Å². The van der Waals surface area contributed by atoms with E-state index in [1.54, 1.807) is 19.2 Å². The van der Waals surface area contributed by atoms with Gasteiger partial charge in [-0.15, -0.1) is 0 Å². The molecular formula is C10H12BrNO3. The monoisotopic (exact) mass is 273 g/mol. The van der Waals surface area contributed by atoms with E-state index in [1.807, 2.05) is 0 Å². The van der Waals surface area contributed by atoms with Gasteiger partial charge in [0, 0.05) is 4.47 Å². The van der Waals surface area contributed by atoms with Gasteiger partial charge in [0.25, 0.3) is 0 Å². The smallest absolute Gasteiger partial charge is 0.180 e. The number of carbonyl (C=O) groups excluding carboxylic acids is 1. The van der Waals surface area contributed by atoms with E-state index in [2.05, 4.69) is 21.2 Å². The van der Waals surface area contributed by atoms with Crippen molar-refractivity contribution in [1.82, 2.24) is 5.32 Å². The zero-order valence-corrected chi connectivity index (χ0v) is 10.1. The maximum absolute atomic E-state index is 11.6. The van der Waals surface area contributed by atoms with Crippen LogP contribution in [0.4, 0.5) is 0 Å². The van der Waals surface area contributed by atoms with Crippen molar-refractivity contribution in [3.8, 4) is 11.5 Å². The van der Waals surface area contributed by atoms with Crippen molar-refractivity contribution >= 4 is 21.7 Å². The van der Waals surface area contributed by atoms with Gasteiger partial charge in [-0.1, -0.05) is 15.9 Å². The van der Waals surface area contributed by atoms with Gasteiger partial charge in [0.1, 0.15) is 0 Å². The number of hydrogen-bond donors (Lipinski definition) is 2. The molecule has 0 aliphatic heterocycles. The van der Waals surface area contributed by atoms with Gasteiger partial charge in [-0.05, 0) is 19.2 Å². The molecule has 82 valence electrons. The Morgan fingerprint density at radius 1 is 1.60 bits per heavy atom. The maximum Gasteiger partial charge on any atom is 0.180 e. The number of hydrogen-bond acceptors (Lipinski definition) is 4. The second-order valence-electron chi connectivity index (χ2n) is 2.96. The summed E-state index contributed by atoms with van der Waals surface area (Å²) < 4.78 is 5.63. The van der Waals surface area contributed by atoms with Gasteiger partial charge in [-0.25, -0.2) is 0 Å². The normalized spacial score (nSPS) is 10.1. The number of aromatic hydroxyl groups is 1. The summed E-state index contributed by atoms with van der Waals surface area (Å²) in [6.45, 7) is 0.174. The molecule has 0 aliphatic rings. The number of phenolic OH excluding ortho intramolecular Hbond substituents is 1. The molecule has 0 heterocycles. The van der Waals surface area contributed by atoms with Crippen LogP contribution in [0.2, 0.25) is 0 Å². The van der Waals surface area contributed by atoms with Gasteiger partial charge in [0.2, 0.25) is 0 Å². The Morgan fingerprint density at radius 3 is 2.80 bits per heavy atom. The van der Waals surface area contributed by atoms with Crippen LogP contribution < -0.4 is 10.1 Å². The number of ether oxygens (including phenoxy) is 1. The maximum atomic E-state index is 11.6. The number of halogens is 1. The second kappa shape index (κ2) is 5.14. The molecule has 1 aromatic rings. The van der Waals surface area contributed by atoms with Crippen molar-refractivity contribution in [2.45, 2.75) is 0 Å². The van der Waals surface area contributed by atoms with Gasteiger partial charge >= 0.3 is 0 Å². The third-order valence-electron chi connectivity index (χ3n) is 1.90. The van der Waals surface area contributed by atoms with Crippen LogP contribution in [0.15, 0.2) is 16.6 Å². The molecule has 2 N–H and O–H groups in total.